The number of nitrogens with zero attached hydrogens (tertiary/aromatic N) is 6. The van der Waals surface area contributed by atoms with E-state index in [2.05, 4.69) is 38.1 Å². The van der Waals surface area contributed by atoms with E-state index in [1.165, 1.54) is 16.8 Å². The molecule has 1 aliphatic rings. The van der Waals surface area contributed by atoms with E-state index in [9.17, 15) is 13.0 Å². The smallest absolute Gasteiger partial charge is 0.294 e. The van der Waals surface area contributed by atoms with E-state index < -0.39 is 20.4 Å². The average molecular weight is 599 g/mol. The van der Waals surface area contributed by atoms with Crippen molar-refractivity contribution >= 4 is 44.9 Å². The third-order valence-electron chi connectivity index (χ3n) is 6.43. The lowest BCUT2D eigenvalue weighted by atomic mass is 9.96. The summed E-state index contributed by atoms with van der Waals surface area (Å²) in [6.45, 7) is 21.7. The highest BCUT2D eigenvalue weighted by Crippen LogP contribution is 2.39. The van der Waals surface area contributed by atoms with Gasteiger partial charge in [-0.15, -0.1) is 9.43 Å². The molecule has 14 heteroatoms. The first-order chi connectivity index (χ1) is 19.3. The van der Waals surface area contributed by atoms with Gasteiger partial charge in [0.1, 0.15) is 0 Å². The maximum atomic E-state index is 12.1. The quantitative estimate of drug-likeness (QED) is 0.104. The number of aliphatic imine (C=N–C) groups is 1. The number of hydrogen-bond acceptors (Lipinski definition) is 10. The summed E-state index contributed by atoms with van der Waals surface area (Å²) in [5.41, 5.74) is 2.74. The van der Waals surface area contributed by atoms with E-state index in [-0.39, 0.29) is 27.6 Å². The number of fused-ring (bicyclic) bond motifs is 1. The maximum absolute atomic E-state index is 12.1. The molecule has 0 amide bonds. The Hall–Kier alpha value is -3.58. The van der Waals surface area contributed by atoms with E-state index in [4.69, 9.17) is 21.8 Å². The van der Waals surface area contributed by atoms with Crippen LogP contribution in [0.2, 0.25) is 0 Å². The standard InChI is InChI=1S/C27H30N6O6S2/c1-8-32(9-2)18-10-11-21(16(3)12-18)29-25-23(28-7)22(24-30-26(27(4,5)6)31-33(24)25)17-13-19(40-39-38-34)15-20(14-17)41(35,36)37/h10-15,34H,8-9H2,1-6H3,(H,35,36,37). The van der Waals surface area contributed by atoms with Crippen LogP contribution in [0.3, 0.4) is 0 Å². The Morgan fingerprint density at radius 1 is 1.17 bits per heavy atom. The summed E-state index contributed by atoms with van der Waals surface area (Å²) in [5, 5.41) is 16.9. The molecule has 0 saturated heterocycles. The number of aromatic nitrogens is 3. The Morgan fingerprint density at radius 3 is 2.44 bits per heavy atom. The van der Waals surface area contributed by atoms with Gasteiger partial charge in [-0.05, 0) is 68.3 Å². The molecule has 41 heavy (non-hydrogen) atoms. The zero-order chi connectivity index (χ0) is 30.1. The molecule has 12 nitrogen and oxygen atoms in total. The summed E-state index contributed by atoms with van der Waals surface area (Å²) in [6, 6.07) is 9.77. The minimum Gasteiger partial charge on any atom is -0.372 e. The van der Waals surface area contributed by atoms with Crippen molar-refractivity contribution in [1.29, 1.82) is 0 Å². The van der Waals surface area contributed by atoms with Crippen LogP contribution in [0.4, 0.5) is 11.4 Å². The van der Waals surface area contributed by atoms with Gasteiger partial charge in [0.05, 0.1) is 29.2 Å². The first-order valence-corrected chi connectivity index (χ1v) is 14.8. The molecule has 1 aliphatic heterocycles. The Bertz CT molecular complexity index is 1700. The van der Waals surface area contributed by atoms with Gasteiger partial charge in [-0.25, -0.2) is 24.8 Å². The van der Waals surface area contributed by atoms with Crippen LogP contribution < -0.4 is 4.90 Å². The fourth-order valence-electron chi connectivity index (χ4n) is 4.36. The van der Waals surface area contributed by atoms with Gasteiger partial charge in [0.25, 0.3) is 10.1 Å². The summed E-state index contributed by atoms with van der Waals surface area (Å²) in [6.07, 6.45) is 0. The van der Waals surface area contributed by atoms with Crippen LogP contribution in [0.15, 0.2) is 56.9 Å². The third-order valence-corrected chi connectivity index (χ3v) is 7.81. The predicted octanol–water partition coefficient (Wildman–Crippen LogP) is 5.68. The molecule has 0 aliphatic carbocycles. The molecule has 0 fully saturated rings. The topological polar surface area (TPSA) is 144 Å². The van der Waals surface area contributed by atoms with Crippen LogP contribution in [0.1, 0.15) is 57.4 Å². The number of rotatable bonds is 9. The van der Waals surface area contributed by atoms with Crippen LogP contribution in [0.25, 0.3) is 10.4 Å². The van der Waals surface area contributed by atoms with Crippen LogP contribution in [0.5, 0.6) is 0 Å². The SMILES string of the molecule is [C-]#[N+]C1=C(c2cc(SOOO)cc(S(=O)(=O)O)c2)c2nc(C(C)(C)C)nn2C1=Nc1ccc(N(CC)CC)cc1C. The van der Waals surface area contributed by atoms with Gasteiger partial charge >= 0.3 is 0 Å². The Kier molecular flexibility index (Phi) is 8.69. The highest BCUT2D eigenvalue weighted by Gasteiger charge is 2.36. The second-order valence-electron chi connectivity index (χ2n) is 10.2. The molecule has 0 bridgehead atoms. The van der Waals surface area contributed by atoms with Crippen LogP contribution in [-0.2, 0) is 24.9 Å². The van der Waals surface area contributed by atoms with E-state index in [1.54, 1.807) is 0 Å². The summed E-state index contributed by atoms with van der Waals surface area (Å²) >= 11 is 0.511. The van der Waals surface area contributed by atoms with Crippen molar-refractivity contribution in [3.8, 4) is 0 Å². The number of allylic oxidation sites excluding steroid dienone is 1. The molecule has 0 spiro atoms. The van der Waals surface area contributed by atoms with Crippen LogP contribution in [0, 0.1) is 13.5 Å². The zero-order valence-corrected chi connectivity index (χ0v) is 25.0. The Labute approximate surface area is 243 Å². The molecular weight excluding hydrogens is 568 g/mol. The minimum absolute atomic E-state index is 0.0930. The van der Waals surface area contributed by atoms with Crippen LogP contribution >= 0.6 is 12.0 Å². The molecule has 0 radical (unpaired) electrons. The second kappa shape index (κ2) is 11.7. The molecule has 2 aromatic carbocycles. The average Bonchev–Trinajstić information content (AvgIpc) is 3.47. The lowest BCUT2D eigenvalue weighted by Crippen LogP contribution is -2.21. The van der Waals surface area contributed by atoms with Crippen LogP contribution in [-0.4, -0.2) is 51.9 Å². The summed E-state index contributed by atoms with van der Waals surface area (Å²) in [7, 11) is -4.65. The number of benzene rings is 2. The molecule has 216 valence electrons. The monoisotopic (exact) mass is 598 g/mol. The van der Waals surface area contributed by atoms with Gasteiger partial charge in [-0.3, -0.25) is 4.55 Å². The molecule has 2 N–H and O–H groups in total. The van der Waals surface area contributed by atoms with Gasteiger partial charge in [0, 0.05) is 34.7 Å². The molecule has 0 saturated carbocycles. The van der Waals surface area contributed by atoms with Crippen molar-refractivity contribution in [2.45, 2.75) is 56.7 Å². The van der Waals surface area contributed by atoms with Gasteiger partial charge in [-0.1, -0.05) is 25.8 Å². The second-order valence-corrected chi connectivity index (χ2v) is 12.4. The van der Waals surface area contributed by atoms with Crippen molar-refractivity contribution < 1.29 is 27.6 Å². The van der Waals surface area contributed by atoms with Crippen molar-refractivity contribution in [1.82, 2.24) is 14.8 Å². The fraction of sp³-hybridized carbons (Fsp3) is 0.333. The third kappa shape index (κ3) is 6.20. The summed E-state index contributed by atoms with van der Waals surface area (Å²) in [4.78, 5) is 15.3. The predicted molar refractivity (Wildman–Crippen MR) is 155 cm³/mol. The molecule has 4 rings (SSSR count). The lowest BCUT2D eigenvalue weighted by molar-refractivity contribution is -0.432. The normalized spacial score (nSPS) is 14.5. The molecule has 0 unspecified atom stereocenters. The van der Waals surface area contributed by atoms with Gasteiger partial charge in [-0.2, -0.15) is 8.42 Å². The van der Waals surface area contributed by atoms with Crippen molar-refractivity contribution in [3.05, 3.63) is 76.3 Å². The molecule has 0 atom stereocenters. The number of aryl methyl sites for hydroxylation is 1. The van der Waals surface area contributed by atoms with E-state index >= 15 is 0 Å². The van der Waals surface area contributed by atoms with Gasteiger partial charge < -0.3 is 4.90 Å². The number of anilines is 1. The molecule has 2 heterocycles. The van der Waals surface area contributed by atoms with Crippen molar-refractivity contribution in [3.63, 3.8) is 0 Å². The largest absolute Gasteiger partial charge is 0.372 e. The molecular formula is C27H30N6O6S2. The fourth-order valence-corrected chi connectivity index (χ4v) is 5.45. The highest BCUT2D eigenvalue weighted by molar-refractivity contribution is 7.94. The molecule has 3 aromatic rings. The summed E-state index contributed by atoms with van der Waals surface area (Å²) in [5.74, 6) is 1.01. The van der Waals surface area contributed by atoms with Crippen molar-refractivity contribution in [2.75, 3.05) is 18.0 Å². The minimum atomic E-state index is -4.65. The Balaban J connectivity index is 1.99. The van der Waals surface area contributed by atoms with E-state index in [0.717, 1.165) is 30.4 Å². The first-order valence-electron chi connectivity index (χ1n) is 12.6. The Morgan fingerprint density at radius 2 is 1.88 bits per heavy atom. The first kappa shape index (κ1) is 30.4. The van der Waals surface area contributed by atoms with Gasteiger partial charge in [0.15, 0.2) is 17.5 Å². The summed E-state index contributed by atoms with van der Waals surface area (Å²) < 4.78 is 40.0. The molecule has 1 aromatic heterocycles. The zero-order valence-electron chi connectivity index (χ0n) is 23.4. The van der Waals surface area contributed by atoms with Crippen molar-refractivity contribution in [2.24, 2.45) is 4.99 Å². The van der Waals surface area contributed by atoms with E-state index in [0.29, 0.717) is 29.4 Å². The lowest BCUT2D eigenvalue weighted by Gasteiger charge is -2.21. The van der Waals surface area contributed by atoms with E-state index in [1.807, 2.05) is 45.9 Å². The number of hydrogen-bond donors (Lipinski definition) is 2. The highest BCUT2D eigenvalue weighted by atomic mass is 32.2. The maximum Gasteiger partial charge on any atom is 0.294 e. The van der Waals surface area contributed by atoms with Gasteiger partial charge in [0.2, 0.25) is 5.70 Å².